The highest BCUT2D eigenvalue weighted by Gasteiger charge is 2.18. The maximum atomic E-state index is 13.1. The highest BCUT2D eigenvalue weighted by Crippen LogP contribution is 2.30. The van der Waals surface area contributed by atoms with E-state index < -0.39 is 5.82 Å². The standard InChI is InChI=1S/C11H8BrClFN3O/c1-5-10(6(2)18)15-16-17(5)11-8(12)3-7(14)4-9(11)13/h3-4H,1-2H3. The van der Waals surface area contributed by atoms with Gasteiger partial charge in [-0.05, 0) is 35.0 Å². The van der Waals surface area contributed by atoms with Gasteiger partial charge in [0, 0.05) is 11.4 Å². The second-order valence-corrected chi connectivity index (χ2v) is 4.97. The number of nitrogens with zero attached hydrogens (tertiary/aromatic N) is 3. The molecule has 0 fully saturated rings. The molecule has 2 rings (SSSR count). The predicted octanol–water partition coefficient (Wildman–Crippen LogP) is 3.33. The highest BCUT2D eigenvalue weighted by molar-refractivity contribution is 9.10. The Kier molecular flexibility index (Phi) is 3.49. The van der Waals surface area contributed by atoms with E-state index in [0.29, 0.717) is 15.9 Å². The molecule has 4 nitrogen and oxygen atoms in total. The first-order valence-electron chi connectivity index (χ1n) is 5.00. The molecule has 1 aromatic carbocycles. The van der Waals surface area contributed by atoms with Crippen molar-refractivity contribution in [2.75, 3.05) is 0 Å². The van der Waals surface area contributed by atoms with Gasteiger partial charge in [0.2, 0.25) is 0 Å². The van der Waals surface area contributed by atoms with E-state index in [2.05, 4.69) is 26.2 Å². The van der Waals surface area contributed by atoms with Gasteiger partial charge in [-0.1, -0.05) is 16.8 Å². The van der Waals surface area contributed by atoms with E-state index in [1.54, 1.807) is 6.92 Å². The Bertz CT molecular complexity index is 618. The fraction of sp³-hybridized carbons (Fsp3) is 0.182. The minimum absolute atomic E-state index is 0.185. The van der Waals surface area contributed by atoms with Crippen LogP contribution < -0.4 is 0 Å². The third kappa shape index (κ3) is 2.18. The molecule has 94 valence electrons. The quantitative estimate of drug-likeness (QED) is 0.793. The van der Waals surface area contributed by atoms with Gasteiger partial charge in [-0.15, -0.1) is 5.10 Å². The van der Waals surface area contributed by atoms with Crippen molar-refractivity contribution in [1.29, 1.82) is 0 Å². The van der Waals surface area contributed by atoms with Gasteiger partial charge >= 0.3 is 0 Å². The van der Waals surface area contributed by atoms with E-state index in [-0.39, 0.29) is 16.5 Å². The molecule has 0 amide bonds. The normalized spacial score (nSPS) is 10.7. The predicted molar refractivity (Wildman–Crippen MR) is 68.8 cm³/mol. The molecular formula is C11H8BrClFN3O. The largest absolute Gasteiger partial charge is 0.293 e. The van der Waals surface area contributed by atoms with Crippen molar-refractivity contribution in [3.05, 3.63) is 38.8 Å². The average molecular weight is 333 g/mol. The second kappa shape index (κ2) is 4.78. The molecule has 1 heterocycles. The Hall–Kier alpha value is -1.27. The van der Waals surface area contributed by atoms with Gasteiger partial charge in [0.15, 0.2) is 11.5 Å². The SMILES string of the molecule is CC(=O)c1nnn(-c2c(Cl)cc(F)cc2Br)c1C. The summed E-state index contributed by atoms with van der Waals surface area (Å²) in [5, 5.41) is 7.84. The van der Waals surface area contributed by atoms with Crippen molar-refractivity contribution >= 4 is 33.3 Å². The van der Waals surface area contributed by atoms with Crippen molar-refractivity contribution in [3.8, 4) is 5.69 Å². The van der Waals surface area contributed by atoms with E-state index in [1.807, 2.05) is 0 Å². The zero-order valence-corrected chi connectivity index (χ0v) is 11.9. The summed E-state index contributed by atoms with van der Waals surface area (Å²) in [6.45, 7) is 3.10. The average Bonchev–Trinajstić information content (AvgIpc) is 2.59. The maximum Gasteiger partial charge on any atom is 0.181 e. The molecule has 0 bridgehead atoms. The lowest BCUT2D eigenvalue weighted by molar-refractivity contribution is 0.101. The number of carbonyl (C=O) groups is 1. The lowest BCUT2D eigenvalue weighted by Crippen LogP contribution is -2.03. The smallest absolute Gasteiger partial charge is 0.181 e. The van der Waals surface area contributed by atoms with Crippen molar-refractivity contribution in [1.82, 2.24) is 15.0 Å². The number of carbonyl (C=O) groups excluding carboxylic acids is 1. The first-order chi connectivity index (χ1) is 8.41. The van der Waals surface area contributed by atoms with Gasteiger partial charge in [0.25, 0.3) is 0 Å². The van der Waals surface area contributed by atoms with Gasteiger partial charge in [0.1, 0.15) is 5.82 Å². The van der Waals surface area contributed by atoms with Crippen LogP contribution in [0.1, 0.15) is 23.1 Å². The molecule has 18 heavy (non-hydrogen) atoms. The zero-order valence-electron chi connectivity index (χ0n) is 9.54. The highest BCUT2D eigenvalue weighted by atomic mass is 79.9. The molecular weight excluding hydrogens is 324 g/mol. The summed E-state index contributed by atoms with van der Waals surface area (Å²) in [4.78, 5) is 11.3. The number of aromatic nitrogens is 3. The number of hydrogen-bond acceptors (Lipinski definition) is 3. The lowest BCUT2D eigenvalue weighted by atomic mass is 10.2. The third-order valence-electron chi connectivity index (χ3n) is 2.42. The van der Waals surface area contributed by atoms with Crippen molar-refractivity contribution in [2.45, 2.75) is 13.8 Å². The monoisotopic (exact) mass is 331 g/mol. The first kappa shape index (κ1) is 13.2. The summed E-state index contributed by atoms with van der Waals surface area (Å²) < 4.78 is 15.0. The zero-order chi connectivity index (χ0) is 13.4. The van der Waals surface area contributed by atoms with E-state index in [4.69, 9.17) is 11.6 Å². The van der Waals surface area contributed by atoms with Gasteiger partial charge in [-0.3, -0.25) is 4.79 Å². The van der Waals surface area contributed by atoms with Gasteiger partial charge < -0.3 is 0 Å². The van der Waals surface area contributed by atoms with Gasteiger partial charge in [-0.25, -0.2) is 9.07 Å². The molecule has 0 aliphatic rings. The number of ketones is 1. The summed E-state index contributed by atoms with van der Waals surface area (Å²) >= 11 is 9.20. The fourth-order valence-corrected chi connectivity index (χ4v) is 2.60. The minimum Gasteiger partial charge on any atom is -0.293 e. The second-order valence-electron chi connectivity index (χ2n) is 3.71. The van der Waals surface area contributed by atoms with Crippen LogP contribution in [-0.4, -0.2) is 20.8 Å². The van der Waals surface area contributed by atoms with Crippen molar-refractivity contribution in [3.63, 3.8) is 0 Å². The molecule has 0 unspecified atom stereocenters. The number of rotatable bonds is 2. The fourth-order valence-electron chi connectivity index (χ4n) is 1.60. The first-order valence-corrected chi connectivity index (χ1v) is 6.17. The number of benzene rings is 1. The van der Waals surface area contributed by atoms with Crippen LogP contribution in [0.2, 0.25) is 5.02 Å². The van der Waals surface area contributed by atoms with Crippen molar-refractivity contribution in [2.24, 2.45) is 0 Å². The topological polar surface area (TPSA) is 47.8 Å². The maximum absolute atomic E-state index is 13.1. The Morgan fingerprint density at radius 1 is 1.50 bits per heavy atom. The Labute approximate surface area is 116 Å². The van der Waals surface area contributed by atoms with Gasteiger partial charge in [0.05, 0.1) is 16.4 Å². The third-order valence-corrected chi connectivity index (χ3v) is 3.31. The Morgan fingerprint density at radius 3 is 2.67 bits per heavy atom. The molecule has 0 aliphatic carbocycles. The summed E-state index contributed by atoms with van der Waals surface area (Å²) in [6, 6.07) is 2.45. The van der Waals surface area contributed by atoms with Crippen LogP contribution in [0.25, 0.3) is 5.69 Å². The molecule has 0 atom stereocenters. The van der Waals surface area contributed by atoms with Crippen LogP contribution in [0.4, 0.5) is 4.39 Å². The number of hydrogen-bond donors (Lipinski definition) is 0. The van der Waals surface area contributed by atoms with Gasteiger partial charge in [-0.2, -0.15) is 0 Å². The van der Waals surface area contributed by atoms with Crippen LogP contribution in [0.5, 0.6) is 0 Å². The van der Waals surface area contributed by atoms with E-state index in [9.17, 15) is 9.18 Å². The lowest BCUT2D eigenvalue weighted by Gasteiger charge is -2.08. The molecule has 0 saturated carbocycles. The number of halogens is 3. The van der Waals surface area contributed by atoms with Crippen LogP contribution in [-0.2, 0) is 0 Å². The summed E-state index contributed by atoms with van der Waals surface area (Å²) in [6.07, 6.45) is 0. The van der Waals surface area contributed by atoms with E-state index in [0.717, 1.165) is 0 Å². The summed E-state index contributed by atoms with van der Waals surface area (Å²) in [5.74, 6) is -0.645. The van der Waals surface area contributed by atoms with E-state index in [1.165, 1.54) is 23.7 Å². The summed E-state index contributed by atoms with van der Waals surface area (Å²) in [7, 11) is 0. The molecule has 0 spiro atoms. The van der Waals surface area contributed by atoms with E-state index >= 15 is 0 Å². The van der Waals surface area contributed by atoms with Crippen LogP contribution >= 0.6 is 27.5 Å². The van der Waals surface area contributed by atoms with Crippen LogP contribution in [0.15, 0.2) is 16.6 Å². The molecule has 2 aromatic rings. The summed E-state index contributed by atoms with van der Waals surface area (Å²) in [5.41, 5.74) is 1.27. The number of Topliss-reactive ketones (excluding diaryl/α,β-unsaturated/α-hetero) is 1. The minimum atomic E-state index is -0.458. The molecule has 0 N–H and O–H groups in total. The molecule has 0 radical (unpaired) electrons. The van der Waals surface area contributed by atoms with Crippen LogP contribution in [0.3, 0.4) is 0 Å². The Balaban J connectivity index is 2.67. The Morgan fingerprint density at radius 2 is 2.17 bits per heavy atom. The molecule has 7 heteroatoms. The molecule has 0 saturated heterocycles. The molecule has 1 aromatic heterocycles. The molecule has 0 aliphatic heterocycles. The van der Waals surface area contributed by atoms with Crippen molar-refractivity contribution < 1.29 is 9.18 Å². The van der Waals surface area contributed by atoms with Crippen LogP contribution in [0, 0.1) is 12.7 Å².